The van der Waals surface area contributed by atoms with E-state index in [1.807, 2.05) is 19.2 Å². The number of carbonyl (C=O) groups is 1. The van der Waals surface area contributed by atoms with Crippen molar-refractivity contribution in [3.05, 3.63) is 69.5 Å². The number of rotatable bonds is 3. The lowest BCUT2D eigenvalue weighted by molar-refractivity contribution is -0.112. The Morgan fingerprint density at radius 1 is 1.54 bits per heavy atom. The Morgan fingerprint density at radius 3 is 3.00 bits per heavy atom. The Morgan fingerprint density at radius 2 is 2.33 bits per heavy atom. The molecule has 3 rings (SSSR count). The highest BCUT2D eigenvalue weighted by atomic mass is 32.2. The van der Waals surface area contributed by atoms with E-state index in [-0.39, 0.29) is 17.2 Å². The van der Waals surface area contributed by atoms with Gasteiger partial charge >= 0.3 is 0 Å². The summed E-state index contributed by atoms with van der Waals surface area (Å²) in [7, 11) is 0. The molecule has 122 valence electrons. The van der Waals surface area contributed by atoms with E-state index in [1.54, 1.807) is 18.3 Å². The zero-order valence-corrected chi connectivity index (χ0v) is 14.0. The number of fused-ring (bicyclic) bond motifs is 1. The molecule has 1 aromatic heterocycles. The van der Waals surface area contributed by atoms with E-state index in [0.717, 1.165) is 16.0 Å². The monoisotopic (exact) mass is 339 g/mol. The quantitative estimate of drug-likeness (QED) is 0.500. The number of carbonyl (C=O) groups excluding carboxylic acids is 1. The molecule has 7 heteroatoms. The summed E-state index contributed by atoms with van der Waals surface area (Å²) in [5, 5.41) is 14.9. The van der Waals surface area contributed by atoms with Crippen molar-refractivity contribution in [2.24, 2.45) is 5.73 Å². The third-order valence-corrected chi connectivity index (χ3v) is 4.83. The van der Waals surface area contributed by atoms with Crippen LogP contribution in [-0.2, 0) is 11.3 Å². The summed E-state index contributed by atoms with van der Waals surface area (Å²) in [6, 6.07) is 1.75. The van der Waals surface area contributed by atoms with Gasteiger partial charge in [-0.3, -0.25) is 15.2 Å². The predicted molar refractivity (Wildman–Crippen MR) is 97.4 cm³/mol. The van der Waals surface area contributed by atoms with Gasteiger partial charge in [-0.1, -0.05) is 30.5 Å². The highest BCUT2D eigenvalue weighted by Crippen LogP contribution is 2.38. The highest BCUT2D eigenvalue weighted by Gasteiger charge is 2.32. The molecule has 2 aliphatic heterocycles. The summed E-state index contributed by atoms with van der Waals surface area (Å²) in [5.41, 5.74) is 8.72. The van der Waals surface area contributed by atoms with Crippen molar-refractivity contribution < 1.29 is 4.79 Å². The lowest BCUT2D eigenvalue weighted by Gasteiger charge is -2.21. The summed E-state index contributed by atoms with van der Waals surface area (Å²) < 4.78 is 0. The number of allylic oxidation sites excluding steroid dienone is 3. The molecule has 0 aromatic carbocycles. The third kappa shape index (κ3) is 2.68. The second-order valence-electron chi connectivity index (χ2n) is 5.18. The molecule has 0 saturated carbocycles. The summed E-state index contributed by atoms with van der Waals surface area (Å²) in [6.07, 6.45) is 7.14. The topological polar surface area (TPSA) is 104 Å². The van der Waals surface area contributed by atoms with Crippen LogP contribution < -0.4 is 16.4 Å². The van der Waals surface area contributed by atoms with E-state index in [9.17, 15) is 4.79 Å². The zero-order valence-electron chi connectivity index (χ0n) is 13.1. The van der Waals surface area contributed by atoms with Crippen LogP contribution in [0.3, 0.4) is 0 Å². The van der Waals surface area contributed by atoms with E-state index in [4.69, 9.17) is 11.1 Å². The Balaban J connectivity index is 1.97. The van der Waals surface area contributed by atoms with Crippen molar-refractivity contribution in [3.63, 3.8) is 0 Å². The minimum atomic E-state index is -0.325. The van der Waals surface area contributed by atoms with Crippen LogP contribution in [0.1, 0.15) is 18.2 Å². The van der Waals surface area contributed by atoms with Crippen molar-refractivity contribution in [2.75, 3.05) is 5.32 Å². The van der Waals surface area contributed by atoms with Crippen molar-refractivity contribution in [2.45, 2.75) is 13.5 Å². The van der Waals surface area contributed by atoms with Crippen LogP contribution in [0.15, 0.2) is 58.3 Å². The van der Waals surface area contributed by atoms with Gasteiger partial charge in [0.15, 0.2) is 0 Å². The van der Waals surface area contributed by atoms with Crippen LogP contribution in [0.25, 0.3) is 0 Å². The SMILES string of the molecule is C=C/C(=C\C)C1=CN/C(=C2\C(=N)c3ncc(CN)cc3NC2=O)S1. The first-order valence-electron chi connectivity index (χ1n) is 7.36. The number of nitrogens with two attached hydrogens (primary N) is 1. The van der Waals surface area contributed by atoms with Crippen LogP contribution >= 0.6 is 11.8 Å². The molecule has 6 nitrogen and oxygen atoms in total. The first-order chi connectivity index (χ1) is 11.6. The fourth-order valence-corrected chi connectivity index (χ4v) is 3.55. The molecule has 24 heavy (non-hydrogen) atoms. The number of hydrogen-bond acceptors (Lipinski definition) is 6. The van der Waals surface area contributed by atoms with E-state index in [1.165, 1.54) is 11.8 Å². The van der Waals surface area contributed by atoms with Gasteiger partial charge in [0, 0.05) is 23.8 Å². The molecule has 1 aromatic rings. The molecular formula is C17H17N5OS. The summed E-state index contributed by atoms with van der Waals surface area (Å²) in [6.45, 7) is 6.04. The molecule has 5 N–H and O–H groups in total. The minimum absolute atomic E-state index is 0.0996. The Hall–Kier alpha value is -2.64. The molecule has 0 aliphatic carbocycles. The van der Waals surface area contributed by atoms with Gasteiger partial charge in [-0.05, 0) is 24.1 Å². The van der Waals surface area contributed by atoms with Crippen LogP contribution in [0.4, 0.5) is 5.69 Å². The number of nitrogens with one attached hydrogen (secondary N) is 3. The van der Waals surface area contributed by atoms with Gasteiger partial charge in [-0.15, -0.1) is 0 Å². The highest BCUT2D eigenvalue weighted by molar-refractivity contribution is 8.07. The van der Waals surface area contributed by atoms with Gasteiger partial charge < -0.3 is 16.4 Å². The molecule has 2 aliphatic rings. The fourth-order valence-electron chi connectivity index (χ4n) is 2.47. The first kappa shape index (κ1) is 16.2. The van der Waals surface area contributed by atoms with Crippen LogP contribution in [-0.4, -0.2) is 16.6 Å². The minimum Gasteiger partial charge on any atom is -0.354 e. The summed E-state index contributed by atoms with van der Waals surface area (Å²) in [4.78, 5) is 17.7. The average Bonchev–Trinajstić information content (AvgIpc) is 3.04. The molecule has 0 spiro atoms. The summed E-state index contributed by atoms with van der Waals surface area (Å²) in [5.74, 6) is -0.325. The molecule has 0 bridgehead atoms. The Labute approximate surface area is 144 Å². The van der Waals surface area contributed by atoms with E-state index < -0.39 is 0 Å². The maximum Gasteiger partial charge on any atom is 0.260 e. The molecule has 1 amide bonds. The van der Waals surface area contributed by atoms with E-state index in [0.29, 0.717) is 23.0 Å². The fraction of sp³-hybridized carbons (Fsp3) is 0.118. The second-order valence-corrected chi connectivity index (χ2v) is 6.23. The number of hydrogen-bond donors (Lipinski definition) is 4. The van der Waals surface area contributed by atoms with Crippen molar-refractivity contribution in [3.8, 4) is 0 Å². The lowest BCUT2D eigenvalue weighted by Crippen LogP contribution is -2.31. The molecule has 0 saturated heterocycles. The van der Waals surface area contributed by atoms with Gasteiger partial charge in [0.05, 0.1) is 22.0 Å². The number of pyridine rings is 1. The maximum atomic E-state index is 12.5. The van der Waals surface area contributed by atoms with Crippen LogP contribution in [0.2, 0.25) is 0 Å². The Kier molecular flexibility index (Phi) is 4.37. The maximum absolute atomic E-state index is 12.5. The number of nitrogens with zero attached hydrogens (tertiary/aromatic N) is 1. The second kappa shape index (κ2) is 6.46. The molecule has 0 radical (unpaired) electrons. The van der Waals surface area contributed by atoms with Crippen LogP contribution in [0, 0.1) is 5.41 Å². The van der Waals surface area contributed by atoms with Crippen molar-refractivity contribution in [1.82, 2.24) is 10.3 Å². The molecule has 3 heterocycles. The number of thioether (sulfide) groups is 1. The van der Waals surface area contributed by atoms with Gasteiger partial charge in [-0.25, -0.2) is 0 Å². The van der Waals surface area contributed by atoms with Gasteiger partial charge in [0.2, 0.25) is 0 Å². The van der Waals surface area contributed by atoms with Gasteiger partial charge in [0.25, 0.3) is 5.91 Å². The number of aromatic nitrogens is 1. The molecular weight excluding hydrogens is 322 g/mol. The Bertz CT molecular complexity index is 851. The van der Waals surface area contributed by atoms with Crippen molar-refractivity contribution >= 4 is 29.1 Å². The van der Waals surface area contributed by atoms with Crippen LogP contribution in [0.5, 0.6) is 0 Å². The molecule has 0 atom stereocenters. The third-order valence-electron chi connectivity index (χ3n) is 3.73. The van der Waals surface area contributed by atoms with E-state index in [2.05, 4.69) is 22.2 Å². The smallest absolute Gasteiger partial charge is 0.260 e. The first-order valence-corrected chi connectivity index (χ1v) is 8.18. The van der Waals surface area contributed by atoms with E-state index >= 15 is 0 Å². The largest absolute Gasteiger partial charge is 0.354 e. The predicted octanol–water partition coefficient (Wildman–Crippen LogP) is 2.38. The normalized spacial score (nSPS) is 20.2. The number of amides is 1. The average molecular weight is 339 g/mol. The standard InChI is InChI=1S/C17H17N5OS/c1-3-10(4-2)12-8-21-17(24-12)13-14(19)15-11(22-16(13)23)5-9(6-18)7-20-15/h3-5,7-8,19,21H,1,6,18H2,2H3,(H,22,23)/b10-4+,17-13-,19-14?. The molecule has 0 unspecified atom stereocenters. The molecule has 0 fully saturated rings. The lowest BCUT2D eigenvalue weighted by atomic mass is 10.0. The van der Waals surface area contributed by atoms with Crippen molar-refractivity contribution in [1.29, 1.82) is 5.41 Å². The zero-order chi connectivity index (χ0) is 17.3. The number of anilines is 1. The van der Waals surface area contributed by atoms with Gasteiger partial charge in [-0.2, -0.15) is 0 Å². The summed E-state index contributed by atoms with van der Waals surface area (Å²) >= 11 is 1.40. The van der Waals surface area contributed by atoms with Gasteiger partial charge in [0.1, 0.15) is 5.69 Å².